The lowest BCUT2D eigenvalue weighted by atomic mass is 10.1. The van der Waals surface area contributed by atoms with Gasteiger partial charge >= 0.3 is 0 Å². The van der Waals surface area contributed by atoms with Gasteiger partial charge in [0, 0.05) is 7.11 Å². The minimum Gasteiger partial charge on any atom is -0.455 e. The monoisotopic (exact) mass is 270 g/mol. The first-order valence-electron chi connectivity index (χ1n) is 5.30. The quantitative estimate of drug-likeness (QED) is 0.633. The molecule has 0 atom stereocenters. The van der Waals surface area contributed by atoms with Crippen LogP contribution in [0.3, 0.4) is 0 Å². The van der Waals surface area contributed by atoms with E-state index in [1.54, 1.807) is 0 Å². The number of hydrogen-bond donors (Lipinski definition) is 0. The highest BCUT2D eigenvalue weighted by Gasteiger charge is 2.22. The predicted molar refractivity (Wildman–Crippen MR) is 59.2 cm³/mol. The first-order chi connectivity index (χ1) is 9.04. The molecule has 0 aliphatic heterocycles. The van der Waals surface area contributed by atoms with Gasteiger partial charge in [-0.15, -0.1) is 0 Å². The summed E-state index contributed by atoms with van der Waals surface area (Å²) in [6, 6.07) is 4.35. The lowest BCUT2D eigenvalue weighted by Gasteiger charge is -2.02. The van der Waals surface area contributed by atoms with Gasteiger partial charge in [-0.3, -0.25) is 4.79 Å². The Bertz CT molecular complexity index is 620. The molecule has 19 heavy (non-hydrogen) atoms. The number of furan rings is 1. The second-order valence-corrected chi connectivity index (χ2v) is 3.75. The number of methoxy groups -OCH3 is 1. The summed E-state index contributed by atoms with van der Waals surface area (Å²) in [6.07, 6.45) is 0. The number of rotatable bonds is 4. The lowest BCUT2D eigenvalue weighted by molar-refractivity contribution is 0.0995. The zero-order valence-electron chi connectivity index (χ0n) is 9.88. The highest BCUT2D eigenvalue weighted by Crippen LogP contribution is 2.20. The van der Waals surface area contributed by atoms with Crippen molar-refractivity contribution in [2.45, 2.75) is 6.61 Å². The van der Waals surface area contributed by atoms with Gasteiger partial charge in [0.05, 0.1) is 5.56 Å². The Morgan fingerprint density at radius 1 is 1.16 bits per heavy atom. The maximum Gasteiger partial charge on any atom is 0.231 e. The van der Waals surface area contributed by atoms with Crippen molar-refractivity contribution in [1.29, 1.82) is 0 Å². The molecule has 0 radical (unpaired) electrons. The van der Waals surface area contributed by atoms with Gasteiger partial charge in [0.15, 0.2) is 23.2 Å². The minimum absolute atomic E-state index is 0.146. The Labute approximate surface area is 106 Å². The number of halogens is 3. The van der Waals surface area contributed by atoms with E-state index in [0.717, 1.165) is 6.07 Å². The van der Waals surface area contributed by atoms with Crippen molar-refractivity contribution in [2.24, 2.45) is 0 Å². The van der Waals surface area contributed by atoms with E-state index in [0.29, 0.717) is 11.8 Å². The van der Waals surface area contributed by atoms with Crippen molar-refractivity contribution in [1.82, 2.24) is 0 Å². The molecule has 1 heterocycles. The molecule has 2 rings (SSSR count). The zero-order valence-corrected chi connectivity index (χ0v) is 9.88. The maximum atomic E-state index is 13.5. The molecular weight excluding hydrogens is 261 g/mol. The highest BCUT2D eigenvalue weighted by molar-refractivity contribution is 6.07. The molecule has 1 aromatic carbocycles. The van der Waals surface area contributed by atoms with E-state index in [1.165, 1.54) is 19.2 Å². The first-order valence-corrected chi connectivity index (χ1v) is 5.30. The average molecular weight is 270 g/mol. The molecule has 0 fully saturated rings. The van der Waals surface area contributed by atoms with E-state index >= 15 is 0 Å². The average Bonchev–Trinajstić information content (AvgIpc) is 2.85. The van der Waals surface area contributed by atoms with Crippen LogP contribution in [0, 0.1) is 17.5 Å². The van der Waals surface area contributed by atoms with Crippen LogP contribution in [-0.2, 0) is 11.3 Å². The van der Waals surface area contributed by atoms with Crippen molar-refractivity contribution in [3.8, 4) is 0 Å². The molecule has 0 amide bonds. The fourth-order valence-corrected chi connectivity index (χ4v) is 1.55. The Balaban J connectivity index is 2.36. The lowest BCUT2D eigenvalue weighted by Crippen LogP contribution is -2.06. The number of ether oxygens (including phenoxy) is 1. The van der Waals surface area contributed by atoms with Crippen LogP contribution in [0.4, 0.5) is 13.2 Å². The largest absolute Gasteiger partial charge is 0.455 e. The van der Waals surface area contributed by atoms with Gasteiger partial charge in [-0.2, -0.15) is 0 Å². The molecule has 0 saturated carbocycles. The molecule has 2 aromatic rings. The molecule has 100 valence electrons. The third-order valence-corrected chi connectivity index (χ3v) is 2.45. The van der Waals surface area contributed by atoms with Gasteiger partial charge in [-0.25, -0.2) is 13.2 Å². The molecule has 3 nitrogen and oxygen atoms in total. The van der Waals surface area contributed by atoms with Crippen LogP contribution in [0.5, 0.6) is 0 Å². The molecule has 1 aromatic heterocycles. The molecule has 6 heteroatoms. The van der Waals surface area contributed by atoms with Crippen molar-refractivity contribution < 1.29 is 27.1 Å². The van der Waals surface area contributed by atoms with Crippen LogP contribution in [0.15, 0.2) is 28.7 Å². The van der Waals surface area contributed by atoms with Crippen LogP contribution in [-0.4, -0.2) is 12.9 Å². The molecule has 0 bridgehead atoms. The van der Waals surface area contributed by atoms with Crippen LogP contribution >= 0.6 is 0 Å². The summed E-state index contributed by atoms with van der Waals surface area (Å²) in [6.45, 7) is 0.146. The minimum atomic E-state index is -1.69. The van der Waals surface area contributed by atoms with E-state index in [1.807, 2.05) is 0 Å². The van der Waals surface area contributed by atoms with Crippen molar-refractivity contribution in [3.63, 3.8) is 0 Å². The number of ketones is 1. The fraction of sp³-hybridized carbons (Fsp3) is 0.154. The highest BCUT2D eigenvalue weighted by atomic mass is 19.2. The van der Waals surface area contributed by atoms with Gasteiger partial charge in [-0.1, -0.05) is 0 Å². The maximum absolute atomic E-state index is 13.5. The van der Waals surface area contributed by atoms with Gasteiger partial charge in [0.1, 0.15) is 12.4 Å². The van der Waals surface area contributed by atoms with E-state index in [2.05, 4.69) is 0 Å². The fourth-order valence-electron chi connectivity index (χ4n) is 1.55. The SMILES string of the molecule is COCc1ccc(C(=O)c2ccc(F)c(F)c2F)o1. The summed E-state index contributed by atoms with van der Waals surface area (Å²) in [5.74, 6) is -5.23. The van der Waals surface area contributed by atoms with Crippen LogP contribution < -0.4 is 0 Å². The predicted octanol–water partition coefficient (Wildman–Crippen LogP) is 3.07. The van der Waals surface area contributed by atoms with E-state index in [-0.39, 0.29) is 12.4 Å². The Kier molecular flexibility index (Phi) is 3.71. The second-order valence-electron chi connectivity index (χ2n) is 3.75. The molecule has 0 aliphatic carbocycles. The van der Waals surface area contributed by atoms with Gasteiger partial charge in [-0.05, 0) is 24.3 Å². The summed E-state index contributed by atoms with van der Waals surface area (Å²) in [4.78, 5) is 11.9. The standard InChI is InChI=1S/C13H9F3O3/c1-18-6-7-2-5-10(19-7)13(17)8-3-4-9(14)12(16)11(8)15/h2-5H,6H2,1H3. The summed E-state index contributed by atoms with van der Waals surface area (Å²) < 4.78 is 49.2. The summed E-state index contributed by atoms with van der Waals surface area (Å²) >= 11 is 0. The molecule has 0 unspecified atom stereocenters. The van der Waals surface area contributed by atoms with E-state index < -0.39 is 28.8 Å². The summed E-state index contributed by atoms with van der Waals surface area (Å²) in [7, 11) is 1.44. The smallest absolute Gasteiger partial charge is 0.231 e. The van der Waals surface area contributed by atoms with Crippen molar-refractivity contribution in [3.05, 3.63) is 58.8 Å². The third-order valence-electron chi connectivity index (χ3n) is 2.45. The zero-order chi connectivity index (χ0) is 14.0. The molecule has 0 aliphatic rings. The number of carbonyl (C=O) groups is 1. The Morgan fingerprint density at radius 3 is 2.58 bits per heavy atom. The molecular formula is C13H9F3O3. The Hall–Kier alpha value is -2.08. The molecule has 0 saturated heterocycles. The number of carbonyl (C=O) groups excluding carboxylic acids is 1. The second kappa shape index (κ2) is 5.27. The van der Waals surface area contributed by atoms with Crippen LogP contribution in [0.1, 0.15) is 21.9 Å². The van der Waals surface area contributed by atoms with Crippen LogP contribution in [0.25, 0.3) is 0 Å². The van der Waals surface area contributed by atoms with E-state index in [9.17, 15) is 18.0 Å². The molecule has 0 spiro atoms. The van der Waals surface area contributed by atoms with Gasteiger partial charge in [0.25, 0.3) is 0 Å². The first kappa shape index (κ1) is 13.4. The summed E-state index contributed by atoms with van der Waals surface area (Å²) in [5, 5.41) is 0. The van der Waals surface area contributed by atoms with Crippen molar-refractivity contribution >= 4 is 5.78 Å². The third kappa shape index (κ3) is 2.53. The van der Waals surface area contributed by atoms with Crippen LogP contribution in [0.2, 0.25) is 0 Å². The topological polar surface area (TPSA) is 39.4 Å². The summed E-state index contributed by atoms with van der Waals surface area (Å²) in [5.41, 5.74) is -0.586. The van der Waals surface area contributed by atoms with Crippen molar-refractivity contribution in [2.75, 3.05) is 7.11 Å². The van der Waals surface area contributed by atoms with E-state index in [4.69, 9.17) is 9.15 Å². The number of benzene rings is 1. The normalized spacial score (nSPS) is 10.7. The Morgan fingerprint density at radius 2 is 1.89 bits per heavy atom. The van der Waals surface area contributed by atoms with Gasteiger partial charge < -0.3 is 9.15 Å². The number of hydrogen-bond acceptors (Lipinski definition) is 3. The molecule has 0 N–H and O–H groups in total. The van der Waals surface area contributed by atoms with Gasteiger partial charge in [0.2, 0.25) is 5.78 Å².